The largest absolute Gasteiger partial charge is 0.338 e. The van der Waals surface area contributed by atoms with E-state index < -0.39 is 0 Å². The molecule has 0 saturated carbocycles. The van der Waals surface area contributed by atoms with Crippen molar-refractivity contribution in [3.8, 4) is 0 Å². The molecule has 3 nitrogen and oxygen atoms in total. The van der Waals surface area contributed by atoms with Crippen LogP contribution in [0.25, 0.3) is 0 Å². The number of amides is 1. The molecule has 34 heavy (non-hydrogen) atoms. The summed E-state index contributed by atoms with van der Waals surface area (Å²) in [5.74, 6) is 0.920. The molecule has 2 saturated heterocycles. The highest BCUT2D eigenvalue weighted by molar-refractivity contribution is 7.08. The van der Waals surface area contributed by atoms with Gasteiger partial charge in [-0.05, 0) is 90.0 Å². The van der Waals surface area contributed by atoms with Gasteiger partial charge in [0.25, 0.3) is 5.91 Å². The molecule has 0 spiro atoms. The van der Waals surface area contributed by atoms with Crippen LogP contribution in [-0.4, -0.2) is 48.4 Å². The van der Waals surface area contributed by atoms with Gasteiger partial charge in [-0.15, -0.1) is 0 Å². The molecule has 3 heterocycles. The lowest BCUT2D eigenvalue weighted by Gasteiger charge is -2.34. The fraction of sp³-hybridized carbons (Fsp3) is 0.370. The Labute approximate surface area is 214 Å². The summed E-state index contributed by atoms with van der Waals surface area (Å²) in [5.41, 5.74) is 3.01. The number of thiophene rings is 1. The average Bonchev–Trinajstić information content (AvgIpc) is 3.52. The number of carbonyl (C=O) groups is 1. The lowest BCUT2D eigenvalue weighted by atomic mass is 9.87. The van der Waals surface area contributed by atoms with Gasteiger partial charge in [0.2, 0.25) is 0 Å². The van der Waals surface area contributed by atoms with Crippen molar-refractivity contribution in [1.29, 1.82) is 0 Å². The van der Waals surface area contributed by atoms with Crippen molar-refractivity contribution < 1.29 is 9.18 Å². The van der Waals surface area contributed by atoms with Crippen LogP contribution in [0.3, 0.4) is 0 Å². The van der Waals surface area contributed by atoms with E-state index in [0.29, 0.717) is 46.5 Å². The summed E-state index contributed by atoms with van der Waals surface area (Å²) in [6.07, 6.45) is 2.14. The van der Waals surface area contributed by atoms with Gasteiger partial charge in [-0.2, -0.15) is 11.3 Å². The predicted octanol–water partition coefficient (Wildman–Crippen LogP) is 6.93. The number of benzene rings is 2. The average molecular weight is 517 g/mol. The Morgan fingerprint density at radius 1 is 1.00 bits per heavy atom. The predicted molar refractivity (Wildman–Crippen MR) is 138 cm³/mol. The number of likely N-dealkylation sites (tertiary alicyclic amines) is 2. The highest BCUT2D eigenvalue weighted by Crippen LogP contribution is 2.37. The molecule has 0 aliphatic carbocycles. The second-order valence-electron chi connectivity index (χ2n) is 9.36. The number of piperidine rings is 1. The highest BCUT2D eigenvalue weighted by Gasteiger charge is 2.38. The molecule has 5 rings (SSSR count). The third-order valence-corrected chi connectivity index (χ3v) is 8.82. The zero-order valence-corrected chi connectivity index (χ0v) is 21.1. The van der Waals surface area contributed by atoms with Gasteiger partial charge >= 0.3 is 0 Å². The zero-order valence-electron chi connectivity index (χ0n) is 18.8. The number of carbonyl (C=O) groups excluding carboxylic acids is 1. The Morgan fingerprint density at radius 2 is 1.76 bits per heavy atom. The minimum Gasteiger partial charge on any atom is -0.338 e. The van der Waals surface area contributed by atoms with Crippen molar-refractivity contribution >= 4 is 40.4 Å². The number of hydrogen-bond donors (Lipinski definition) is 0. The molecule has 0 N–H and O–H groups in total. The molecule has 1 amide bonds. The molecule has 2 aliphatic rings. The summed E-state index contributed by atoms with van der Waals surface area (Å²) < 4.78 is 13.3. The van der Waals surface area contributed by atoms with Crippen LogP contribution in [0.4, 0.5) is 4.39 Å². The Kier molecular flexibility index (Phi) is 7.26. The fourth-order valence-corrected chi connectivity index (χ4v) is 6.55. The topological polar surface area (TPSA) is 23.6 Å². The van der Waals surface area contributed by atoms with E-state index in [2.05, 4.69) is 21.7 Å². The monoisotopic (exact) mass is 516 g/mol. The maximum atomic E-state index is 13.3. The van der Waals surface area contributed by atoms with Gasteiger partial charge in [-0.3, -0.25) is 4.79 Å². The molecule has 2 fully saturated rings. The highest BCUT2D eigenvalue weighted by atomic mass is 35.5. The first-order valence-electron chi connectivity index (χ1n) is 11.7. The molecule has 7 heteroatoms. The molecule has 1 aromatic heterocycles. The molecular weight excluding hydrogens is 490 g/mol. The smallest absolute Gasteiger partial charge is 0.255 e. The van der Waals surface area contributed by atoms with Crippen LogP contribution in [0.2, 0.25) is 10.0 Å². The Hall–Kier alpha value is -1.92. The quantitative estimate of drug-likeness (QED) is 0.367. The van der Waals surface area contributed by atoms with E-state index in [4.69, 9.17) is 23.2 Å². The SMILES string of the molecule is O=C(c1cccc(Cl)c1Cl)N1C[C@@H](CN2CCC(c3ccc(F)cc3)CC2)[C@H](c2ccsc2)C1. The summed E-state index contributed by atoms with van der Waals surface area (Å²) in [7, 11) is 0. The van der Waals surface area contributed by atoms with E-state index in [1.165, 1.54) is 11.1 Å². The van der Waals surface area contributed by atoms with Crippen molar-refractivity contribution in [2.45, 2.75) is 24.7 Å². The molecule has 2 atom stereocenters. The van der Waals surface area contributed by atoms with Gasteiger partial charge in [-0.1, -0.05) is 41.4 Å². The van der Waals surface area contributed by atoms with Crippen molar-refractivity contribution in [2.24, 2.45) is 5.92 Å². The van der Waals surface area contributed by atoms with Gasteiger partial charge in [0, 0.05) is 25.6 Å². The summed E-state index contributed by atoms with van der Waals surface area (Å²) >= 11 is 14.2. The van der Waals surface area contributed by atoms with Crippen molar-refractivity contribution in [3.63, 3.8) is 0 Å². The lowest BCUT2D eigenvalue weighted by Crippen LogP contribution is -2.38. The third-order valence-electron chi connectivity index (χ3n) is 7.30. The summed E-state index contributed by atoms with van der Waals surface area (Å²) in [4.78, 5) is 17.8. The minimum absolute atomic E-state index is 0.0507. The number of halogens is 3. The van der Waals surface area contributed by atoms with E-state index in [9.17, 15) is 9.18 Å². The summed E-state index contributed by atoms with van der Waals surface area (Å²) in [5, 5.41) is 5.05. The summed E-state index contributed by atoms with van der Waals surface area (Å²) in [6, 6.07) is 14.4. The molecule has 0 unspecified atom stereocenters. The second kappa shape index (κ2) is 10.4. The maximum absolute atomic E-state index is 13.3. The minimum atomic E-state index is -0.181. The number of rotatable bonds is 5. The third kappa shape index (κ3) is 5.03. The fourth-order valence-electron chi connectivity index (χ4n) is 5.44. The molecule has 2 aromatic carbocycles. The van der Waals surface area contributed by atoms with Gasteiger partial charge in [-0.25, -0.2) is 4.39 Å². The van der Waals surface area contributed by atoms with Crippen LogP contribution in [0, 0.1) is 11.7 Å². The van der Waals surface area contributed by atoms with Crippen LogP contribution in [0.5, 0.6) is 0 Å². The normalized spacial score (nSPS) is 21.8. The molecular formula is C27H27Cl2FN2OS. The Bertz CT molecular complexity index is 1130. The van der Waals surface area contributed by atoms with Crippen molar-refractivity contribution in [2.75, 3.05) is 32.7 Å². The first-order valence-corrected chi connectivity index (χ1v) is 13.4. The van der Waals surface area contributed by atoms with E-state index in [0.717, 1.165) is 32.5 Å². The maximum Gasteiger partial charge on any atom is 0.255 e. The molecule has 3 aromatic rings. The van der Waals surface area contributed by atoms with Gasteiger partial charge in [0.05, 0.1) is 15.6 Å². The van der Waals surface area contributed by atoms with Crippen LogP contribution in [0.1, 0.15) is 46.2 Å². The summed E-state index contributed by atoms with van der Waals surface area (Å²) in [6.45, 7) is 4.39. The van der Waals surface area contributed by atoms with E-state index >= 15 is 0 Å². The van der Waals surface area contributed by atoms with Gasteiger partial charge in [0.15, 0.2) is 0 Å². The number of nitrogens with zero attached hydrogens (tertiary/aromatic N) is 2. The molecule has 0 bridgehead atoms. The first kappa shape index (κ1) is 23.8. The molecule has 0 radical (unpaired) electrons. The van der Waals surface area contributed by atoms with Crippen LogP contribution >= 0.6 is 34.5 Å². The van der Waals surface area contributed by atoms with Crippen molar-refractivity contribution in [3.05, 3.63) is 91.8 Å². The second-order valence-corrected chi connectivity index (χ2v) is 10.9. The Morgan fingerprint density at radius 3 is 2.47 bits per heavy atom. The number of hydrogen-bond acceptors (Lipinski definition) is 3. The van der Waals surface area contributed by atoms with Gasteiger partial charge in [0.1, 0.15) is 5.82 Å². The van der Waals surface area contributed by atoms with E-state index in [1.54, 1.807) is 41.7 Å². The van der Waals surface area contributed by atoms with E-state index in [1.807, 2.05) is 17.0 Å². The molecule has 178 valence electrons. The van der Waals surface area contributed by atoms with Gasteiger partial charge < -0.3 is 9.80 Å². The van der Waals surface area contributed by atoms with Crippen LogP contribution in [-0.2, 0) is 0 Å². The van der Waals surface area contributed by atoms with Crippen molar-refractivity contribution in [1.82, 2.24) is 9.80 Å². The van der Waals surface area contributed by atoms with Crippen LogP contribution < -0.4 is 0 Å². The zero-order chi connectivity index (χ0) is 23.7. The lowest BCUT2D eigenvalue weighted by molar-refractivity contribution is 0.0781. The molecule has 2 aliphatic heterocycles. The van der Waals surface area contributed by atoms with E-state index in [-0.39, 0.29) is 11.7 Å². The Balaban J connectivity index is 1.27. The first-order chi connectivity index (χ1) is 16.5. The van der Waals surface area contributed by atoms with Crippen LogP contribution in [0.15, 0.2) is 59.3 Å². The standard InChI is InChI=1S/C27H27Cl2FN2OS/c28-25-3-1-2-23(26(25)29)27(33)32-15-21(24(16-32)20-10-13-34-17-20)14-31-11-8-19(9-12-31)18-4-6-22(30)7-5-18/h1-7,10,13,17,19,21,24H,8-9,11-12,14-16H2/t21-,24+/m1/s1.